The summed E-state index contributed by atoms with van der Waals surface area (Å²) in [5.74, 6) is 1.28. The van der Waals surface area contributed by atoms with E-state index in [9.17, 15) is 4.79 Å². The van der Waals surface area contributed by atoms with Gasteiger partial charge in [0.05, 0.1) is 24.9 Å². The molecule has 0 radical (unpaired) electrons. The molecule has 6 heteroatoms. The van der Waals surface area contributed by atoms with Gasteiger partial charge in [-0.15, -0.1) is 0 Å². The maximum Gasteiger partial charge on any atom is 0.265 e. The highest BCUT2D eigenvalue weighted by Crippen LogP contribution is 2.36. The van der Waals surface area contributed by atoms with E-state index in [0.717, 1.165) is 5.56 Å². The lowest BCUT2D eigenvalue weighted by Crippen LogP contribution is -2.32. The number of ether oxygens (including phenoxy) is 3. The topological polar surface area (TPSA) is 56.8 Å². The molecule has 1 N–H and O–H groups in total. The van der Waals surface area contributed by atoms with E-state index in [1.54, 1.807) is 12.1 Å². The van der Waals surface area contributed by atoms with Crippen LogP contribution in [-0.4, -0.2) is 26.2 Å². The molecule has 0 heterocycles. The van der Waals surface area contributed by atoms with Gasteiger partial charge in [-0.05, 0) is 31.0 Å². The van der Waals surface area contributed by atoms with E-state index in [4.69, 9.17) is 25.8 Å². The van der Waals surface area contributed by atoms with Crippen LogP contribution in [0.25, 0.3) is 0 Å². The van der Waals surface area contributed by atoms with Crippen LogP contribution in [0.3, 0.4) is 0 Å². The van der Waals surface area contributed by atoms with E-state index < -0.39 is 6.10 Å². The number of amides is 1. The summed E-state index contributed by atoms with van der Waals surface area (Å²) in [7, 11) is 3.02. The van der Waals surface area contributed by atoms with Crippen molar-refractivity contribution in [3.8, 4) is 17.2 Å². The second kappa shape index (κ2) is 8.62. The Balaban J connectivity index is 2.19. The molecular formula is C19H22ClNO4. The van der Waals surface area contributed by atoms with Crippen molar-refractivity contribution in [3.63, 3.8) is 0 Å². The molecule has 2 aromatic rings. The first-order chi connectivity index (χ1) is 12.0. The van der Waals surface area contributed by atoms with Crippen LogP contribution in [0.2, 0.25) is 5.02 Å². The van der Waals surface area contributed by atoms with Crippen LogP contribution in [0, 0.1) is 6.92 Å². The monoisotopic (exact) mass is 363 g/mol. The number of halogens is 1. The first-order valence-electron chi connectivity index (χ1n) is 7.94. The van der Waals surface area contributed by atoms with E-state index in [-0.39, 0.29) is 5.91 Å². The van der Waals surface area contributed by atoms with E-state index in [2.05, 4.69) is 5.32 Å². The fourth-order valence-corrected chi connectivity index (χ4v) is 2.58. The minimum absolute atomic E-state index is 0.272. The van der Waals surface area contributed by atoms with Crippen molar-refractivity contribution in [2.45, 2.75) is 26.4 Å². The predicted molar refractivity (Wildman–Crippen MR) is 99.1 cm³/mol. The van der Waals surface area contributed by atoms with Gasteiger partial charge in [-0.2, -0.15) is 0 Å². The van der Waals surface area contributed by atoms with Gasteiger partial charge in [0, 0.05) is 12.1 Å². The van der Waals surface area contributed by atoms with Gasteiger partial charge >= 0.3 is 0 Å². The lowest BCUT2D eigenvalue weighted by atomic mass is 10.2. The molecule has 0 spiro atoms. The van der Waals surface area contributed by atoms with Gasteiger partial charge in [0.1, 0.15) is 17.2 Å². The molecule has 2 aromatic carbocycles. The van der Waals surface area contributed by atoms with Crippen molar-refractivity contribution in [2.75, 3.05) is 19.5 Å². The normalized spacial score (nSPS) is 11.6. The van der Waals surface area contributed by atoms with Crippen molar-refractivity contribution >= 4 is 23.2 Å². The van der Waals surface area contributed by atoms with Gasteiger partial charge in [-0.1, -0.05) is 30.7 Å². The first kappa shape index (κ1) is 18.9. The molecule has 1 amide bonds. The SMILES string of the molecule is CC[C@H](Oc1cccc(C)c1)C(=O)Nc1cc(OC)c(Cl)cc1OC. The average molecular weight is 364 g/mol. The number of methoxy groups -OCH3 is 2. The number of hydrogen-bond acceptors (Lipinski definition) is 4. The third-order valence-electron chi connectivity index (χ3n) is 3.66. The molecule has 134 valence electrons. The second-order valence-corrected chi connectivity index (χ2v) is 5.91. The molecule has 2 rings (SSSR count). The van der Waals surface area contributed by atoms with E-state index in [1.807, 2.05) is 38.1 Å². The van der Waals surface area contributed by atoms with Gasteiger partial charge in [0.15, 0.2) is 6.10 Å². The van der Waals surface area contributed by atoms with Crippen molar-refractivity contribution in [1.29, 1.82) is 0 Å². The van der Waals surface area contributed by atoms with E-state index >= 15 is 0 Å². The molecule has 0 aliphatic heterocycles. The molecule has 0 aliphatic rings. The zero-order valence-electron chi connectivity index (χ0n) is 14.8. The Morgan fingerprint density at radius 3 is 2.48 bits per heavy atom. The zero-order chi connectivity index (χ0) is 18.4. The highest BCUT2D eigenvalue weighted by atomic mass is 35.5. The highest BCUT2D eigenvalue weighted by Gasteiger charge is 2.21. The Kier molecular flexibility index (Phi) is 6.53. The van der Waals surface area contributed by atoms with Crippen LogP contribution in [0.15, 0.2) is 36.4 Å². The predicted octanol–water partition coefficient (Wildman–Crippen LogP) is 4.46. The van der Waals surface area contributed by atoms with Crippen LogP contribution < -0.4 is 19.5 Å². The Labute approximate surface area is 152 Å². The molecule has 5 nitrogen and oxygen atoms in total. The maximum atomic E-state index is 12.6. The van der Waals surface area contributed by atoms with E-state index in [1.165, 1.54) is 14.2 Å². The van der Waals surface area contributed by atoms with Crippen molar-refractivity contribution < 1.29 is 19.0 Å². The van der Waals surface area contributed by atoms with Crippen LogP contribution >= 0.6 is 11.6 Å². The Hall–Kier alpha value is -2.40. The summed E-state index contributed by atoms with van der Waals surface area (Å²) in [5, 5.41) is 3.22. The number of benzene rings is 2. The molecular weight excluding hydrogens is 342 g/mol. The fraction of sp³-hybridized carbons (Fsp3) is 0.316. The molecule has 1 atom stereocenters. The van der Waals surface area contributed by atoms with Crippen LogP contribution in [-0.2, 0) is 4.79 Å². The molecule has 0 saturated heterocycles. The summed E-state index contributed by atoms with van der Waals surface area (Å²) in [6.07, 6.45) is -0.111. The standard InChI is InChI=1S/C19H22ClNO4/c1-5-16(25-13-8-6-7-12(2)9-13)19(22)21-15-11-17(23-3)14(20)10-18(15)24-4/h6-11,16H,5H2,1-4H3,(H,21,22)/t16-/m0/s1. The third kappa shape index (κ3) is 4.79. The van der Waals surface area contributed by atoms with Gasteiger partial charge in [0.2, 0.25) is 0 Å². The summed E-state index contributed by atoms with van der Waals surface area (Å²) in [5.41, 5.74) is 1.54. The number of carbonyl (C=O) groups excluding carboxylic acids is 1. The van der Waals surface area contributed by atoms with Crippen molar-refractivity contribution in [1.82, 2.24) is 0 Å². The van der Waals surface area contributed by atoms with Crippen LogP contribution in [0.1, 0.15) is 18.9 Å². The zero-order valence-corrected chi connectivity index (χ0v) is 15.5. The van der Waals surface area contributed by atoms with Crippen molar-refractivity contribution in [3.05, 3.63) is 47.0 Å². The number of nitrogens with one attached hydrogen (secondary N) is 1. The van der Waals surface area contributed by atoms with Crippen LogP contribution in [0.5, 0.6) is 17.2 Å². The number of anilines is 1. The van der Waals surface area contributed by atoms with Gasteiger partial charge in [-0.3, -0.25) is 4.79 Å². The lowest BCUT2D eigenvalue weighted by Gasteiger charge is -2.19. The smallest absolute Gasteiger partial charge is 0.265 e. The number of carbonyl (C=O) groups is 1. The number of rotatable bonds is 7. The summed E-state index contributed by atoms with van der Waals surface area (Å²) in [6.45, 7) is 3.86. The largest absolute Gasteiger partial charge is 0.495 e. The maximum absolute atomic E-state index is 12.6. The molecule has 0 aromatic heterocycles. The first-order valence-corrected chi connectivity index (χ1v) is 8.32. The summed E-state index contributed by atoms with van der Waals surface area (Å²) < 4.78 is 16.3. The summed E-state index contributed by atoms with van der Waals surface area (Å²) in [4.78, 5) is 12.6. The minimum atomic E-state index is -0.631. The number of hydrogen-bond donors (Lipinski definition) is 1. The molecule has 0 bridgehead atoms. The minimum Gasteiger partial charge on any atom is -0.495 e. The molecule has 0 aliphatic carbocycles. The van der Waals surface area contributed by atoms with Gasteiger partial charge < -0.3 is 19.5 Å². The Bertz CT molecular complexity index is 748. The second-order valence-electron chi connectivity index (χ2n) is 5.51. The lowest BCUT2D eigenvalue weighted by molar-refractivity contribution is -0.122. The highest BCUT2D eigenvalue weighted by molar-refractivity contribution is 6.32. The Morgan fingerprint density at radius 2 is 1.88 bits per heavy atom. The Morgan fingerprint density at radius 1 is 1.16 bits per heavy atom. The molecule has 0 saturated carbocycles. The molecule has 25 heavy (non-hydrogen) atoms. The molecule has 0 fully saturated rings. The van der Waals surface area contributed by atoms with E-state index in [0.29, 0.717) is 34.4 Å². The third-order valence-corrected chi connectivity index (χ3v) is 3.96. The van der Waals surface area contributed by atoms with Gasteiger partial charge in [0.25, 0.3) is 5.91 Å². The summed E-state index contributed by atoms with van der Waals surface area (Å²) in [6, 6.07) is 10.8. The molecule has 0 unspecified atom stereocenters. The fourth-order valence-electron chi connectivity index (χ4n) is 2.35. The van der Waals surface area contributed by atoms with Crippen molar-refractivity contribution in [2.24, 2.45) is 0 Å². The average Bonchev–Trinajstić information content (AvgIpc) is 2.60. The van der Waals surface area contributed by atoms with Gasteiger partial charge in [-0.25, -0.2) is 0 Å². The summed E-state index contributed by atoms with van der Waals surface area (Å²) >= 11 is 6.09. The quantitative estimate of drug-likeness (QED) is 0.789. The van der Waals surface area contributed by atoms with Crippen LogP contribution in [0.4, 0.5) is 5.69 Å². The number of aryl methyl sites for hydroxylation is 1.